The molecule has 2 heterocycles. The van der Waals surface area contributed by atoms with Crippen LogP contribution in [0, 0.1) is 0 Å². The van der Waals surface area contributed by atoms with E-state index >= 15 is 0 Å². The van der Waals surface area contributed by atoms with Gasteiger partial charge in [-0.1, -0.05) is 71.9 Å². The van der Waals surface area contributed by atoms with Gasteiger partial charge in [0.2, 0.25) is 5.69 Å². The Kier molecular flexibility index (Phi) is 5.39. The second kappa shape index (κ2) is 8.67. The quantitative estimate of drug-likeness (QED) is 0.390. The average molecular weight is 452 g/mol. The molecule has 0 aliphatic heterocycles. The van der Waals surface area contributed by atoms with Gasteiger partial charge in [0.05, 0.1) is 25.6 Å². The number of aromatic amines is 1. The van der Waals surface area contributed by atoms with Crippen LogP contribution < -0.4 is 0 Å². The van der Waals surface area contributed by atoms with Crippen molar-refractivity contribution >= 4 is 22.8 Å². The Hall–Kier alpha value is -4.72. The van der Waals surface area contributed by atoms with Gasteiger partial charge in [-0.2, -0.15) is 0 Å². The van der Waals surface area contributed by atoms with Crippen molar-refractivity contribution < 1.29 is 19.1 Å². The summed E-state index contributed by atoms with van der Waals surface area (Å²) in [6, 6.07) is 25.8. The van der Waals surface area contributed by atoms with Gasteiger partial charge < -0.3 is 14.5 Å². The number of esters is 2. The summed E-state index contributed by atoms with van der Waals surface area (Å²) in [5.74, 6) is -1.52. The summed E-state index contributed by atoms with van der Waals surface area (Å²) in [5.41, 5.74) is 5.21. The van der Waals surface area contributed by atoms with Crippen LogP contribution >= 0.6 is 0 Å². The third kappa shape index (κ3) is 3.51. The van der Waals surface area contributed by atoms with Gasteiger partial charge in [-0.05, 0) is 23.3 Å². The number of nitrogens with one attached hydrogen (secondary N) is 1. The monoisotopic (exact) mass is 452 g/mol. The molecule has 0 fully saturated rings. The fourth-order valence-electron chi connectivity index (χ4n) is 4.02. The zero-order chi connectivity index (χ0) is 23.7. The van der Waals surface area contributed by atoms with Crippen LogP contribution in [0.1, 0.15) is 21.0 Å². The summed E-state index contributed by atoms with van der Waals surface area (Å²) < 4.78 is 10.9. The molecule has 8 heteroatoms. The Balaban J connectivity index is 1.73. The first-order valence-electron chi connectivity index (χ1n) is 10.5. The van der Waals surface area contributed by atoms with Crippen molar-refractivity contribution in [2.24, 2.45) is 0 Å². The normalized spacial score (nSPS) is 10.9. The van der Waals surface area contributed by atoms with E-state index in [1.165, 1.54) is 18.9 Å². The van der Waals surface area contributed by atoms with Crippen molar-refractivity contribution in [2.45, 2.75) is 0 Å². The van der Waals surface area contributed by atoms with Gasteiger partial charge in [-0.15, -0.1) is 5.10 Å². The van der Waals surface area contributed by atoms with Gasteiger partial charge in [-0.3, -0.25) is 0 Å². The maximum atomic E-state index is 12.5. The summed E-state index contributed by atoms with van der Waals surface area (Å²) in [4.78, 5) is 28.1. The molecule has 5 aromatic rings. The summed E-state index contributed by atoms with van der Waals surface area (Å²) >= 11 is 0. The summed E-state index contributed by atoms with van der Waals surface area (Å²) in [6.45, 7) is 0. The number of nitrogens with zero attached hydrogens (tertiary/aromatic N) is 3. The van der Waals surface area contributed by atoms with E-state index in [0.717, 1.165) is 33.3 Å². The highest BCUT2D eigenvalue weighted by Crippen LogP contribution is 2.38. The number of aromatic nitrogens is 4. The van der Waals surface area contributed by atoms with Gasteiger partial charge in [0.25, 0.3) is 0 Å². The van der Waals surface area contributed by atoms with E-state index in [0.29, 0.717) is 5.69 Å². The number of hydrogen-bond donors (Lipinski definition) is 1. The lowest BCUT2D eigenvalue weighted by atomic mass is 9.98. The maximum Gasteiger partial charge on any atom is 0.361 e. The second-order valence-electron chi connectivity index (χ2n) is 7.52. The number of H-pyrrole nitrogens is 1. The lowest BCUT2D eigenvalue weighted by Crippen LogP contribution is -2.15. The van der Waals surface area contributed by atoms with Crippen molar-refractivity contribution in [3.8, 4) is 28.1 Å². The average Bonchev–Trinajstić information content (AvgIpc) is 3.50. The SMILES string of the molecule is COC(=O)c1nnn(-c2ccc3c(-c4ccccc4)c(-c4ccccc4)[nH]c3c2)c1C(=O)OC. The van der Waals surface area contributed by atoms with E-state index in [2.05, 4.69) is 27.4 Å². The number of carbonyl (C=O) groups is 2. The molecule has 0 unspecified atom stereocenters. The van der Waals surface area contributed by atoms with E-state index in [4.69, 9.17) is 9.47 Å². The largest absolute Gasteiger partial charge is 0.464 e. The van der Waals surface area contributed by atoms with Crippen LogP contribution in [0.5, 0.6) is 0 Å². The molecule has 168 valence electrons. The van der Waals surface area contributed by atoms with Crippen LogP contribution in [0.4, 0.5) is 0 Å². The molecule has 2 aromatic heterocycles. The topological polar surface area (TPSA) is 99.1 Å². The molecule has 34 heavy (non-hydrogen) atoms. The third-order valence-corrected chi connectivity index (χ3v) is 5.58. The van der Waals surface area contributed by atoms with Crippen LogP contribution in [-0.4, -0.2) is 46.1 Å². The molecule has 0 atom stereocenters. The molecular formula is C26H20N4O4. The fraction of sp³-hybridized carbons (Fsp3) is 0.0769. The van der Waals surface area contributed by atoms with Gasteiger partial charge in [0, 0.05) is 16.5 Å². The molecule has 5 rings (SSSR count). The van der Waals surface area contributed by atoms with E-state index in [1.54, 1.807) is 0 Å². The molecule has 0 amide bonds. The standard InChI is InChI=1S/C26H20N4O4/c1-33-25(31)23-24(26(32)34-2)30(29-28-23)18-13-14-19-20(15-18)27-22(17-11-7-4-8-12-17)21(19)16-9-5-3-6-10-16/h3-15,27H,1-2H3. The van der Waals surface area contributed by atoms with Crippen molar-refractivity contribution in [3.05, 3.63) is 90.3 Å². The first-order valence-corrected chi connectivity index (χ1v) is 10.5. The molecule has 3 aromatic carbocycles. The minimum Gasteiger partial charge on any atom is -0.464 e. The van der Waals surface area contributed by atoms with Crippen LogP contribution in [0.2, 0.25) is 0 Å². The Bertz CT molecular complexity index is 1500. The minimum atomic E-state index is -0.773. The summed E-state index contributed by atoms with van der Waals surface area (Å²) in [6.07, 6.45) is 0. The predicted octanol–water partition coefficient (Wildman–Crippen LogP) is 4.66. The van der Waals surface area contributed by atoms with E-state index in [9.17, 15) is 9.59 Å². The van der Waals surface area contributed by atoms with E-state index in [-0.39, 0.29) is 11.4 Å². The maximum absolute atomic E-state index is 12.5. The van der Waals surface area contributed by atoms with Crippen LogP contribution in [0.25, 0.3) is 39.0 Å². The minimum absolute atomic E-state index is 0.105. The molecule has 8 nitrogen and oxygen atoms in total. The molecule has 0 aliphatic rings. The zero-order valence-corrected chi connectivity index (χ0v) is 18.5. The molecule has 0 radical (unpaired) electrons. The lowest BCUT2D eigenvalue weighted by molar-refractivity contribution is 0.0546. The van der Waals surface area contributed by atoms with Gasteiger partial charge in [0.15, 0.2) is 5.69 Å². The number of hydrogen-bond acceptors (Lipinski definition) is 6. The van der Waals surface area contributed by atoms with Crippen molar-refractivity contribution in [1.82, 2.24) is 20.0 Å². The highest BCUT2D eigenvalue weighted by molar-refractivity contribution is 6.05. The number of carbonyl (C=O) groups excluding carboxylic acids is 2. The molecule has 1 N–H and O–H groups in total. The Morgan fingerprint density at radius 1 is 0.824 bits per heavy atom. The number of benzene rings is 3. The van der Waals surface area contributed by atoms with Gasteiger partial charge >= 0.3 is 11.9 Å². The molecule has 0 saturated heterocycles. The Labute approximate surface area is 194 Å². The van der Waals surface area contributed by atoms with Crippen molar-refractivity contribution in [1.29, 1.82) is 0 Å². The van der Waals surface area contributed by atoms with Crippen molar-refractivity contribution in [2.75, 3.05) is 14.2 Å². The second-order valence-corrected chi connectivity index (χ2v) is 7.52. The lowest BCUT2D eigenvalue weighted by Gasteiger charge is -2.07. The summed E-state index contributed by atoms with van der Waals surface area (Å²) in [7, 11) is 2.44. The highest BCUT2D eigenvalue weighted by atomic mass is 16.5. The first kappa shape index (κ1) is 21.1. The number of fused-ring (bicyclic) bond motifs is 1. The van der Waals surface area contributed by atoms with Crippen molar-refractivity contribution in [3.63, 3.8) is 0 Å². The van der Waals surface area contributed by atoms with E-state index < -0.39 is 11.9 Å². The Morgan fingerprint density at radius 3 is 2.12 bits per heavy atom. The predicted molar refractivity (Wildman–Crippen MR) is 127 cm³/mol. The molecular weight excluding hydrogens is 432 g/mol. The first-order chi connectivity index (χ1) is 16.6. The molecule has 0 bridgehead atoms. The molecule has 0 spiro atoms. The van der Waals surface area contributed by atoms with Gasteiger partial charge in [0.1, 0.15) is 0 Å². The summed E-state index contributed by atoms with van der Waals surface area (Å²) in [5, 5.41) is 8.89. The highest BCUT2D eigenvalue weighted by Gasteiger charge is 2.28. The van der Waals surface area contributed by atoms with Crippen LogP contribution in [-0.2, 0) is 9.47 Å². The third-order valence-electron chi connectivity index (χ3n) is 5.58. The smallest absolute Gasteiger partial charge is 0.361 e. The molecule has 0 saturated carbocycles. The zero-order valence-electron chi connectivity index (χ0n) is 18.5. The number of rotatable bonds is 5. The number of ether oxygens (including phenoxy) is 2. The van der Waals surface area contributed by atoms with Crippen LogP contribution in [0.3, 0.4) is 0 Å². The fourth-order valence-corrected chi connectivity index (χ4v) is 4.02. The Morgan fingerprint density at radius 2 is 1.47 bits per heavy atom. The number of methoxy groups -OCH3 is 2. The van der Waals surface area contributed by atoms with E-state index in [1.807, 2.05) is 66.7 Å². The van der Waals surface area contributed by atoms with Gasteiger partial charge in [-0.25, -0.2) is 14.3 Å². The van der Waals surface area contributed by atoms with Crippen LogP contribution in [0.15, 0.2) is 78.9 Å². The molecule has 0 aliphatic carbocycles.